The van der Waals surface area contributed by atoms with Gasteiger partial charge in [0.05, 0.1) is 12.0 Å². The van der Waals surface area contributed by atoms with Crippen molar-refractivity contribution in [1.29, 1.82) is 0 Å². The van der Waals surface area contributed by atoms with E-state index in [2.05, 4.69) is 5.32 Å². The summed E-state index contributed by atoms with van der Waals surface area (Å²) >= 11 is 6.23. The summed E-state index contributed by atoms with van der Waals surface area (Å²) in [6, 6.07) is 39.0. The molecule has 0 saturated carbocycles. The number of amides is 1. The van der Waals surface area contributed by atoms with Gasteiger partial charge < -0.3 is 15.0 Å². The SMILES string of the molecule is O=C(c1ccc(Cl)cc1)[C@@H]1[C@H](C(=O)OC(c2ccccc2)c2ccccc2)N2c3ccccc3C=C[C@H]2[C@@]12C(=O)Nc1ccccc12. The van der Waals surface area contributed by atoms with E-state index in [1.165, 1.54) is 0 Å². The number of hydrogen-bond donors (Lipinski definition) is 1. The van der Waals surface area contributed by atoms with Crippen molar-refractivity contribution < 1.29 is 19.1 Å². The van der Waals surface area contributed by atoms with Crippen molar-refractivity contribution in [1.82, 2.24) is 0 Å². The predicted molar refractivity (Wildman–Crippen MR) is 182 cm³/mol. The predicted octanol–water partition coefficient (Wildman–Crippen LogP) is 7.65. The van der Waals surface area contributed by atoms with Gasteiger partial charge in [-0.05, 0) is 58.7 Å². The number of para-hydroxylation sites is 2. The Labute approximate surface area is 277 Å². The molecular formula is C40H29ClN2O4. The van der Waals surface area contributed by atoms with Crippen molar-refractivity contribution in [3.05, 3.63) is 172 Å². The van der Waals surface area contributed by atoms with Crippen molar-refractivity contribution in [3.63, 3.8) is 0 Å². The Bertz CT molecular complexity index is 2010. The zero-order valence-electron chi connectivity index (χ0n) is 25.1. The van der Waals surface area contributed by atoms with Crippen LogP contribution in [0.15, 0.2) is 140 Å². The molecule has 0 bridgehead atoms. The summed E-state index contributed by atoms with van der Waals surface area (Å²) in [7, 11) is 0. The number of hydrogen-bond acceptors (Lipinski definition) is 5. The number of Topliss-reactive ketones (excluding diaryl/α,β-unsaturated/α-hetero) is 1. The van der Waals surface area contributed by atoms with Gasteiger partial charge >= 0.3 is 5.97 Å². The van der Waals surface area contributed by atoms with Gasteiger partial charge in [-0.3, -0.25) is 9.59 Å². The lowest BCUT2D eigenvalue weighted by Gasteiger charge is -2.37. The van der Waals surface area contributed by atoms with E-state index >= 15 is 4.79 Å². The number of halogens is 1. The number of carbonyl (C=O) groups is 3. The number of fused-ring (bicyclic) bond motifs is 6. The van der Waals surface area contributed by atoms with E-state index < -0.39 is 35.5 Å². The first-order chi connectivity index (χ1) is 23.0. The molecule has 1 amide bonds. The van der Waals surface area contributed by atoms with Crippen LogP contribution >= 0.6 is 11.6 Å². The molecule has 8 rings (SSSR count). The second-order valence-corrected chi connectivity index (χ2v) is 12.5. The van der Waals surface area contributed by atoms with Gasteiger partial charge in [0.25, 0.3) is 0 Å². The van der Waals surface area contributed by atoms with Crippen molar-refractivity contribution in [2.45, 2.75) is 23.6 Å². The number of esters is 1. The summed E-state index contributed by atoms with van der Waals surface area (Å²) in [5.41, 5.74) is 3.43. The van der Waals surface area contributed by atoms with E-state index in [0.29, 0.717) is 21.8 Å². The maximum Gasteiger partial charge on any atom is 0.330 e. The molecule has 6 nitrogen and oxygen atoms in total. The molecule has 5 aromatic carbocycles. The van der Waals surface area contributed by atoms with Gasteiger partial charge in [0.1, 0.15) is 11.5 Å². The highest BCUT2D eigenvalue weighted by Gasteiger charge is 2.71. The molecule has 7 heteroatoms. The Balaban J connectivity index is 1.35. The highest BCUT2D eigenvalue weighted by atomic mass is 35.5. The largest absolute Gasteiger partial charge is 0.451 e. The van der Waals surface area contributed by atoms with Gasteiger partial charge in [-0.15, -0.1) is 0 Å². The standard InChI is InChI=1S/C40H29ClN2O4/c41-29-22-19-26(20-23-29)36(44)34-35(38(45)47-37(27-12-3-1-4-13-27)28-14-5-2-6-15-28)43-32-18-10-7-11-25(32)21-24-33(43)40(34)30-16-8-9-17-31(30)42-39(40)46/h1-24,33-35,37H,(H,42,46)/t33-,34-,35+,40+/m0/s1. The Hall–Kier alpha value is -5.46. The summed E-state index contributed by atoms with van der Waals surface area (Å²) in [4.78, 5) is 46.5. The minimum absolute atomic E-state index is 0.331. The third-order valence-corrected chi connectivity index (χ3v) is 9.89. The zero-order valence-corrected chi connectivity index (χ0v) is 25.9. The molecule has 4 atom stereocenters. The average molecular weight is 637 g/mol. The van der Waals surface area contributed by atoms with E-state index in [1.807, 2.05) is 126 Å². The molecule has 0 aromatic heterocycles. The lowest BCUT2D eigenvalue weighted by atomic mass is 9.64. The first-order valence-electron chi connectivity index (χ1n) is 15.5. The van der Waals surface area contributed by atoms with Gasteiger partial charge in [-0.25, -0.2) is 4.79 Å². The summed E-state index contributed by atoms with van der Waals surface area (Å²) in [6.07, 6.45) is 3.18. The van der Waals surface area contributed by atoms with Gasteiger partial charge in [-0.2, -0.15) is 0 Å². The average Bonchev–Trinajstić information content (AvgIpc) is 3.60. The van der Waals surface area contributed by atoms with Crippen molar-refractivity contribution in [2.75, 3.05) is 10.2 Å². The minimum Gasteiger partial charge on any atom is -0.451 e. The summed E-state index contributed by atoms with van der Waals surface area (Å²) in [6.45, 7) is 0. The topological polar surface area (TPSA) is 75.7 Å². The lowest BCUT2D eigenvalue weighted by molar-refractivity contribution is -0.150. The van der Waals surface area contributed by atoms with E-state index in [-0.39, 0.29) is 11.7 Å². The number of nitrogens with one attached hydrogen (secondary N) is 1. The molecule has 1 spiro atoms. The molecule has 1 saturated heterocycles. The van der Waals surface area contributed by atoms with Crippen LogP contribution in [0.25, 0.3) is 6.08 Å². The number of nitrogens with zero attached hydrogens (tertiary/aromatic N) is 1. The van der Waals surface area contributed by atoms with Gasteiger partial charge in [-0.1, -0.05) is 121 Å². The highest BCUT2D eigenvalue weighted by Crippen LogP contribution is 2.58. The Morgan fingerprint density at radius 2 is 1.38 bits per heavy atom. The van der Waals surface area contributed by atoms with Crippen LogP contribution < -0.4 is 10.2 Å². The van der Waals surface area contributed by atoms with Crippen molar-refractivity contribution >= 4 is 46.7 Å². The zero-order chi connectivity index (χ0) is 32.1. The molecule has 1 N–H and O–H groups in total. The highest BCUT2D eigenvalue weighted by molar-refractivity contribution is 6.30. The van der Waals surface area contributed by atoms with Gasteiger partial charge in [0.15, 0.2) is 11.9 Å². The number of benzene rings is 5. The van der Waals surface area contributed by atoms with E-state index in [9.17, 15) is 9.59 Å². The minimum atomic E-state index is -1.43. The van der Waals surface area contributed by atoms with Crippen LogP contribution in [-0.2, 0) is 19.7 Å². The fourth-order valence-corrected chi connectivity index (χ4v) is 7.78. The van der Waals surface area contributed by atoms with Crippen molar-refractivity contribution in [2.24, 2.45) is 5.92 Å². The van der Waals surface area contributed by atoms with Crippen LogP contribution in [0.2, 0.25) is 5.02 Å². The second kappa shape index (κ2) is 11.4. The lowest BCUT2D eigenvalue weighted by Crippen LogP contribution is -2.51. The fraction of sp³-hybridized carbons (Fsp3) is 0.125. The molecule has 47 heavy (non-hydrogen) atoms. The van der Waals surface area contributed by atoms with E-state index in [1.54, 1.807) is 24.3 Å². The molecule has 3 aliphatic heterocycles. The summed E-state index contributed by atoms with van der Waals surface area (Å²) in [5, 5.41) is 3.54. The second-order valence-electron chi connectivity index (χ2n) is 12.1. The van der Waals surface area contributed by atoms with Crippen LogP contribution in [0, 0.1) is 5.92 Å². The molecule has 230 valence electrons. The van der Waals surface area contributed by atoms with Crippen LogP contribution in [0.4, 0.5) is 11.4 Å². The third kappa shape index (κ3) is 4.51. The molecule has 0 unspecified atom stereocenters. The Morgan fingerprint density at radius 1 is 0.766 bits per heavy atom. The van der Waals surface area contributed by atoms with Crippen LogP contribution in [0.1, 0.15) is 38.7 Å². The first-order valence-corrected chi connectivity index (χ1v) is 15.9. The Morgan fingerprint density at radius 3 is 2.09 bits per heavy atom. The molecule has 0 radical (unpaired) electrons. The van der Waals surface area contributed by atoms with Crippen LogP contribution in [0.5, 0.6) is 0 Å². The molecule has 1 fully saturated rings. The first kappa shape index (κ1) is 29.0. The summed E-state index contributed by atoms with van der Waals surface area (Å²) < 4.78 is 6.52. The molecule has 0 aliphatic carbocycles. The van der Waals surface area contributed by atoms with E-state index in [4.69, 9.17) is 16.3 Å². The van der Waals surface area contributed by atoms with Crippen LogP contribution in [-0.4, -0.2) is 29.7 Å². The maximum atomic E-state index is 15.0. The molecule has 3 aliphatic rings. The Kier molecular flexibility index (Phi) is 7.03. The monoisotopic (exact) mass is 636 g/mol. The fourth-order valence-electron chi connectivity index (χ4n) is 7.66. The number of rotatable bonds is 6. The normalized spacial score (nSPS) is 22.0. The van der Waals surface area contributed by atoms with E-state index in [0.717, 1.165) is 22.4 Å². The maximum absolute atomic E-state index is 15.0. The molecule has 5 aromatic rings. The molecular weight excluding hydrogens is 608 g/mol. The molecule has 3 heterocycles. The third-order valence-electron chi connectivity index (χ3n) is 9.63. The summed E-state index contributed by atoms with van der Waals surface area (Å²) in [5.74, 6) is -2.42. The smallest absolute Gasteiger partial charge is 0.330 e. The number of anilines is 2. The quantitative estimate of drug-likeness (QED) is 0.153. The van der Waals surface area contributed by atoms with Gasteiger partial charge in [0.2, 0.25) is 5.91 Å². The van der Waals surface area contributed by atoms with Crippen LogP contribution in [0.3, 0.4) is 0 Å². The number of ether oxygens (including phenoxy) is 1. The number of carbonyl (C=O) groups excluding carboxylic acids is 3. The van der Waals surface area contributed by atoms with Gasteiger partial charge in [0, 0.05) is 22.0 Å². The van der Waals surface area contributed by atoms with Crippen molar-refractivity contribution in [3.8, 4) is 0 Å². The number of ketones is 1.